The topological polar surface area (TPSA) is 102 Å². The van der Waals surface area contributed by atoms with E-state index in [1.807, 2.05) is 6.92 Å². The van der Waals surface area contributed by atoms with E-state index in [0.29, 0.717) is 18.3 Å². The second-order valence-corrected chi connectivity index (χ2v) is 6.14. The number of esters is 1. The Kier molecular flexibility index (Phi) is 10.0. The average molecular weight is 331 g/mol. The molecule has 0 aromatic rings. The Hall–Kier alpha value is -1.79. The molecule has 0 aromatic heterocycles. The third kappa shape index (κ3) is 10.5. The SMILES string of the molecule is CC[C@@H](CC(C)C)C[C@H](CNC(=O)O[C@H](C)OC(C)=O)C(=O)O. The Morgan fingerprint density at radius 1 is 1.09 bits per heavy atom. The second-order valence-electron chi connectivity index (χ2n) is 6.14. The molecule has 7 heteroatoms. The van der Waals surface area contributed by atoms with Crippen molar-refractivity contribution in [1.82, 2.24) is 5.32 Å². The molecule has 0 aliphatic heterocycles. The molecule has 0 saturated heterocycles. The van der Waals surface area contributed by atoms with Gasteiger partial charge in [0, 0.05) is 20.4 Å². The van der Waals surface area contributed by atoms with Gasteiger partial charge in [-0.15, -0.1) is 0 Å². The molecule has 0 aliphatic rings. The van der Waals surface area contributed by atoms with Crippen LogP contribution in [0.3, 0.4) is 0 Å². The quantitative estimate of drug-likeness (QED) is 0.471. The minimum absolute atomic E-state index is 0.0183. The van der Waals surface area contributed by atoms with Gasteiger partial charge in [-0.1, -0.05) is 27.2 Å². The molecule has 0 radical (unpaired) electrons. The van der Waals surface area contributed by atoms with Gasteiger partial charge in [0.05, 0.1) is 5.92 Å². The molecule has 3 atom stereocenters. The standard InChI is InChI=1S/C16H29NO6/c1-6-13(7-10(2)3)8-14(15(19)20)9-17-16(21)23-12(5)22-11(4)18/h10,12-14H,6-9H2,1-5H3,(H,17,21)(H,19,20)/t12-,13+,14-/m1/s1. The van der Waals surface area contributed by atoms with Crippen molar-refractivity contribution in [2.24, 2.45) is 17.8 Å². The van der Waals surface area contributed by atoms with Gasteiger partial charge in [0.1, 0.15) is 0 Å². The van der Waals surface area contributed by atoms with E-state index in [0.717, 1.165) is 12.8 Å². The number of carboxylic acid groups (broad SMARTS) is 1. The number of nitrogens with one attached hydrogen (secondary N) is 1. The molecule has 0 bridgehead atoms. The Morgan fingerprint density at radius 2 is 1.70 bits per heavy atom. The van der Waals surface area contributed by atoms with E-state index in [2.05, 4.69) is 23.9 Å². The average Bonchev–Trinajstić information content (AvgIpc) is 2.39. The van der Waals surface area contributed by atoms with Gasteiger partial charge in [-0.2, -0.15) is 0 Å². The van der Waals surface area contributed by atoms with Gasteiger partial charge in [-0.3, -0.25) is 9.59 Å². The smallest absolute Gasteiger partial charge is 0.410 e. The van der Waals surface area contributed by atoms with Crippen LogP contribution >= 0.6 is 0 Å². The van der Waals surface area contributed by atoms with Crippen LogP contribution in [0.4, 0.5) is 4.79 Å². The number of aliphatic carboxylic acids is 1. The van der Waals surface area contributed by atoms with E-state index in [1.54, 1.807) is 0 Å². The van der Waals surface area contributed by atoms with E-state index < -0.39 is 30.2 Å². The monoisotopic (exact) mass is 331 g/mol. The van der Waals surface area contributed by atoms with Crippen molar-refractivity contribution in [2.45, 2.75) is 60.2 Å². The normalized spacial score (nSPS) is 14.7. The highest BCUT2D eigenvalue weighted by Gasteiger charge is 2.23. The van der Waals surface area contributed by atoms with Crippen LogP contribution in [0.5, 0.6) is 0 Å². The zero-order chi connectivity index (χ0) is 18.0. The number of ether oxygens (including phenoxy) is 2. The summed E-state index contributed by atoms with van der Waals surface area (Å²) < 4.78 is 9.46. The van der Waals surface area contributed by atoms with Crippen LogP contribution in [0.25, 0.3) is 0 Å². The van der Waals surface area contributed by atoms with Gasteiger partial charge in [-0.05, 0) is 24.7 Å². The van der Waals surface area contributed by atoms with Crippen LogP contribution in [0.1, 0.15) is 53.9 Å². The summed E-state index contributed by atoms with van der Waals surface area (Å²) in [7, 11) is 0. The molecule has 23 heavy (non-hydrogen) atoms. The first kappa shape index (κ1) is 21.2. The van der Waals surface area contributed by atoms with Crippen molar-refractivity contribution >= 4 is 18.0 Å². The molecule has 0 spiro atoms. The molecular weight excluding hydrogens is 302 g/mol. The third-order valence-corrected chi connectivity index (χ3v) is 3.45. The fourth-order valence-electron chi connectivity index (χ4n) is 2.43. The van der Waals surface area contributed by atoms with Gasteiger partial charge in [-0.25, -0.2) is 4.79 Å². The number of hydrogen-bond acceptors (Lipinski definition) is 5. The van der Waals surface area contributed by atoms with Gasteiger partial charge < -0.3 is 19.9 Å². The molecule has 0 aliphatic carbocycles. The van der Waals surface area contributed by atoms with E-state index in [1.165, 1.54) is 13.8 Å². The third-order valence-electron chi connectivity index (χ3n) is 3.45. The highest BCUT2D eigenvalue weighted by atomic mass is 16.7. The van der Waals surface area contributed by atoms with Crippen LogP contribution in [0.15, 0.2) is 0 Å². The lowest BCUT2D eigenvalue weighted by Crippen LogP contribution is -2.36. The summed E-state index contributed by atoms with van der Waals surface area (Å²) in [6, 6.07) is 0. The maximum atomic E-state index is 11.6. The molecule has 0 rings (SSSR count). The number of alkyl carbamates (subject to hydrolysis) is 1. The summed E-state index contributed by atoms with van der Waals surface area (Å²) in [5.74, 6) is -1.38. The maximum absolute atomic E-state index is 11.6. The number of carboxylic acids is 1. The van der Waals surface area contributed by atoms with E-state index in [9.17, 15) is 19.5 Å². The zero-order valence-corrected chi connectivity index (χ0v) is 14.6. The summed E-state index contributed by atoms with van der Waals surface area (Å²) in [5.41, 5.74) is 0. The molecule has 0 unspecified atom stereocenters. The van der Waals surface area contributed by atoms with Crippen LogP contribution in [0.2, 0.25) is 0 Å². The second kappa shape index (κ2) is 10.9. The number of rotatable bonds is 10. The van der Waals surface area contributed by atoms with Crippen molar-refractivity contribution in [2.75, 3.05) is 6.54 Å². The van der Waals surface area contributed by atoms with Crippen molar-refractivity contribution in [1.29, 1.82) is 0 Å². The molecule has 0 aromatic carbocycles. The molecule has 0 saturated carbocycles. The Morgan fingerprint density at radius 3 is 2.13 bits per heavy atom. The predicted octanol–water partition coefficient (Wildman–Crippen LogP) is 2.78. The minimum atomic E-state index is -1.01. The van der Waals surface area contributed by atoms with Crippen molar-refractivity contribution in [3.05, 3.63) is 0 Å². The van der Waals surface area contributed by atoms with E-state index in [-0.39, 0.29) is 6.54 Å². The highest BCUT2D eigenvalue weighted by Crippen LogP contribution is 2.23. The largest absolute Gasteiger partial charge is 0.481 e. The van der Waals surface area contributed by atoms with E-state index in [4.69, 9.17) is 4.74 Å². The summed E-state index contributed by atoms with van der Waals surface area (Å²) >= 11 is 0. The lowest BCUT2D eigenvalue weighted by atomic mass is 9.86. The molecule has 0 heterocycles. The number of hydrogen-bond donors (Lipinski definition) is 2. The molecular formula is C16H29NO6. The van der Waals surface area contributed by atoms with E-state index >= 15 is 0 Å². The molecule has 2 N–H and O–H groups in total. The lowest BCUT2D eigenvalue weighted by Gasteiger charge is -2.22. The van der Waals surface area contributed by atoms with Crippen molar-refractivity contribution < 1.29 is 29.0 Å². The van der Waals surface area contributed by atoms with Gasteiger partial charge >= 0.3 is 18.0 Å². The number of carbonyl (C=O) groups is 3. The Labute approximate surface area is 137 Å². The minimum Gasteiger partial charge on any atom is -0.481 e. The first-order chi connectivity index (χ1) is 10.6. The Balaban J connectivity index is 4.40. The van der Waals surface area contributed by atoms with Crippen LogP contribution in [-0.4, -0.2) is 36.0 Å². The summed E-state index contributed by atoms with van der Waals surface area (Å²) in [6.07, 6.45) is 0.537. The highest BCUT2D eigenvalue weighted by molar-refractivity contribution is 5.72. The van der Waals surface area contributed by atoms with Crippen LogP contribution in [0, 0.1) is 17.8 Å². The molecule has 0 fully saturated rings. The van der Waals surface area contributed by atoms with Gasteiger partial charge in [0.25, 0.3) is 0 Å². The maximum Gasteiger partial charge on any atom is 0.410 e. The fraction of sp³-hybridized carbons (Fsp3) is 0.812. The van der Waals surface area contributed by atoms with Crippen molar-refractivity contribution in [3.8, 4) is 0 Å². The van der Waals surface area contributed by atoms with Gasteiger partial charge in [0.15, 0.2) is 0 Å². The number of carbonyl (C=O) groups excluding carboxylic acids is 2. The zero-order valence-electron chi connectivity index (χ0n) is 14.6. The first-order valence-corrected chi connectivity index (χ1v) is 8.00. The van der Waals surface area contributed by atoms with Crippen LogP contribution in [-0.2, 0) is 19.1 Å². The summed E-state index contributed by atoms with van der Waals surface area (Å²) in [6.45, 7) is 8.84. The Bertz CT molecular complexity index is 396. The molecule has 7 nitrogen and oxygen atoms in total. The fourth-order valence-corrected chi connectivity index (χ4v) is 2.43. The number of amides is 1. The van der Waals surface area contributed by atoms with Crippen LogP contribution < -0.4 is 5.32 Å². The molecule has 1 amide bonds. The van der Waals surface area contributed by atoms with Gasteiger partial charge in [0.2, 0.25) is 6.29 Å². The predicted molar refractivity (Wildman–Crippen MR) is 84.7 cm³/mol. The van der Waals surface area contributed by atoms with Crippen molar-refractivity contribution in [3.63, 3.8) is 0 Å². The summed E-state index contributed by atoms with van der Waals surface area (Å²) in [5, 5.41) is 11.7. The lowest BCUT2D eigenvalue weighted by molar-refractivity contribution is -0.162. The molecule has 134 valence electrons. The first-order valence-electron chi connectivity index (χ1n) is 8.00. The summed E-state index contributed by atoms with van der Waals surface area (Å²) in [4.78, 5) is 33.7.